The Labute approximate surface area is 124 Å². The molecule has 2 aliphatic rings. The van der Waals surface area contributed by atoms with Crippen LogP contribution in [0, 0.1) is 11.3 Å². The van der Waals surface area contributed by atoms with E-state index in [4.69, 9.17) is 0 Å². The zero-order valence-electron chi connectivity index (χ0n) is 13.1. The van der Waals surface area contributed by atoms with E-state index in [2.05, 4.69) is 43.4 Å². The van der Waals surface area contributed by atoms with Gasteiger partial charge in [-0.05, 0) is 54.7 Å². The minimum absolute atomic E-state index is 0.378. The van der Waals surface area contributed by atoms with E-state index in [1.807, 2.05) is 0 Å². The van der Waals surface area contributed by atoms with Gasteiger partial charge in [-0.15, -0.1) is 0 Å². The lowest BCUT2D eigenvalue weighted by molar-refractivity contribution is 0.194. The molecular weight excluding hydrogens is 242 g/mol. The summed E-state index contributed by atoms with van der Waals surface area (Å²) in [5.41, 5.74) is 3.50. The summed E-state index contributed by atoms with van der Waals surface area (Å²) < 4.78 is 0. The molecule has 2 aliphatic carbocycles. The Kier molecular flexibility index (Phi) is 4.16. The Bertz CT molecular complexity index is 443. The lowest BCUT2D eigenvalue weighted by Crippen LogP contribution is -2.40. The topological polar surface area (TPSA) is 12.0 Å². The monoisotopic (exact) mass is 271 g/mol. The van der Waals surface area contributed by atoms with Gasteiger partial charge in [-0.2, -0.15) is 0 Å². The molecule has 1 nitrogen and oxygen atoms in total. The van der Waals surface area contributed by atoms with Gasteiger partial charge in [0.2, 0.25) is 0 Å². The fourth-order valence-corrected chi connectivity index (χ4v) is 4.13. The third kappa shape index (κ3) is 2.93. The van der Waals surface area contributed by atoms with Crippen molar-refractivity contribution in [1.82, 2.24) is 5.32 Å². The maximum atomic E-state index is 3.94. The molecule has 1 heteroatoms. The molecule has 1 fully saturated rings. The van der Waals surface area contributed by atoms with Crippen LogP contribution >= 0.6 is 0 Å². The number of hydrogen-bond acceptors (Lipinski definition) is 1. The van der Waals surface area contributed by atoms with Crippen molar-refractivity contribution in [3.63, 3.8) is 0 Å². The summed E-state index contributed by atoms with van der Waals surface area (Å²) in [4.78, 5) is 0. The van der Waals surface area contributed by atoms with Crippen LogP contribution < -0.4 is 5.32 Å². The van der Waals surface area contributed by atoms with Gasteiger partial charge in [0.15, 0.2) is 0 Å². The van der Waals surface area contributed by atoms with Crippen LogP contribution in [-0.4, -0.2) is 6.54 Å². The van der Waals surface area contributed by atoms with E-state index < -0.39 is 0 Å². The zero-order valence-corrected chi connectivity index (χ0v) is 13.1. The Hall–Kier alpha value is -0.820. The number of benzene rings is 1. The van der Waals surface area contributed by atoms with E-state index >= 15 is 0 Å². The van der Waals surface area contributed by atoms with Gasteiger partial charge in [0, 0.05) is 6.04 Å². The first-order valence-electron chi connectivity index (χ1n) is 8.48. The molecule has 3 rings (SSSR count). The van der Waals surface area contributed by atoms with Crippen molar-refractivity contribution in [3.05, 3.63) is 35.4 Å². The molecule has 0 spiro atoms. The maximum absolute atomic E-state index is 3.94. The Morgan fingerprint density at radius 3 is 2.65 bits per heavy atom. The van der Waals surface area contributed by atoms with Gasteiger partial charge in [0.05, 0.1) is 0 Å². The van der Waals surface area contributed by atoms with Crippen LogP contribution in [0.5, 0.6) is 0 Å². The highest BCUT2D eigenvalue weighted by atomic mass is 14.9. The fourth-order valence-electron chi connectivity index (χ4n) is 4.13. The Balaban J connectivity index is 1.72. The average Bonchev–Trinajstić information content (AvgIpc) is 2.47. The van der Waals surface area contributed by atoms with E-state index in [0.29, 0.717) is 11.5 Å². The lowest BCUT2D eigenvalue weighted by atomic mass is 9.70. The molecule has 0 saturated heterocycles. The van der Waals surface area contributed by atoms with Crippen LogP contribution in [0.4, 0.5) is 0 Å². The van der Waals surface area contributed by atoms with Gasteiger partial charge in [-0.3, -0.25) is 0 Å². The third-order valence-electron chi connectivity index (χ3n) is 5.52. The van der Waals surface area contributed by atoms with Gasteiger partial charge in [0.25, 0.3) is 0 Å². The molecule has 0 bridgehead atoms. The zero-order chi connectivity index (χ0) is 14.0. The molecular formula is C19H29N. The van der Waals surface area contributed by atoms with E-state index in [9.17, 15) is 0 Å². The van der Waals surface area contributed by atoms with Crippen molar-refractivity contribution in [1.29, 1.82) is 0 Å². The first-order valence-corrected chi connectivity index (χ1v) is 8.48. The Morgan fingerprint density at radius 1 is 1.10 bits per heavy atom. The molecule has 0 radical (unpaired) electrons. The highest BCUT2D eigenvalue weighted by Gasteiger charge is 2.35. The minimum atomic E-state index is 0.378. The number of rotatable bonds is 3. The second-order valence-electron chi connectivity index (χ2n) is 7.53. The summed E-state index contributed by atoms with van der Waals surface area (Å²) in [6.45, 7) is 6.07. The highest BCUT2D eigenvalue weighted by Crippen LogP contribution is 2.43. The van der Waals surface area contributed by atoms with Crippen molar-refractivity contribution in [2.45, 2.75) is 64.8 Å². The van der Waals surface area contributed by atoms with Crippen LogP contribution in [0.15, 0.2) is 24.3 Å². The summed E-state index contributed by atoms with van der Waals surface area (Å²) in [6, 6.07) is 9.59. The smallest absolute Gasteiger partial charge is 0.0374 e. The number of fused-ring (bicyclic) bond motifs is 1. The molecule has 0 aliphatic heterocycles. The van der Waals surface area contributed by atoms with Gasteiger partial charge >= 0.3 is 0 Å². The molecule has 110 valence electrons. The highest BCUT2D eigenvalue weighted by molar-refractivity contribution is 5.34. The quantitative estimate of drug-likeness (QED) is 0.827. The van der Waals surface area contributed by atoms with E-state index in [1.54, 1.807) is 11.1 Å². The summed E-state index contributed by atoms with van der Waals surface area (Å²) in [5.74, 6) is 0.911. The third-order valence-corrected chi connectivity index (χ3v) is 5.52. The minimum Gasteiger partial charge on any atom is -0.309 e. The normalized spacial score (nSPS) is 26.2. The van der Waals surface area contributed by atoms with Gasteiger partial charge in [-0.25, -0.2) is 0 Å². The predicted molar refractivity (Wildman–Crippen MR) is 85.9 cm³/mol. The summed E-state index contributed by atoms with van der Waals surface area (Å²) in [5, 5.41) is 3.94. The molecule has 1 aromatic carbocycles. The second-order valence-corrected chi connectivity index (χ2v) is 7.53. The Morgan fingerprint density at radius 2 is 1.85 bits per heavy atom. The summed E-state index contributed by atoms with van der Waals surface area (Å²) in [6.07, 6.45) is 9.74. The van der Waals surface area contributed by atoms with Gasteiger partial charge in [0.1, 0.15) is 0 Å². The van der Waals surface area contributed by atoms with Crippen molar-refractivity contribution < 1.29 is 0 Å². The number of nitrogens with one attached hydrogen (secondary N) is 1. The molecule has 0 amide bonds. The summed E-state index contributed by atoms with van der Waals surface area (Å²) in [7, 11) is 0. The average molecular weight is 271 g/mol. The molecule has 20 heavy (non-hydrogen) atoms. The molecule has 1 aromatic rings. The maximum Gasteiger partial charge on any atom is 0.0374 e. The first-order chi connectivity index (χ1) is 9.67. The van der Waals surface area contributed by atoms with Crippen LogP contribution in [0.1, 0.15) is 69.5 Å². The molecule has 1 atom stereocenters. The molecule has 1 saturated carbocycles. The molecule has 0 aromatic heterocycles. The second kappa shape index (κ2) is 5.89. The predicted octanol–water partition coefficient (Wildman–Crippen LogP) is 4.87. The largest absolute Gasteiger partial charge is 0.309 e. The number of hydrogen-bond donors (Lipinski definition) is 1. The van der Waals surface area contributed by atoms with E-state index in [-0.39, 0.29) is 0 Å². The fraction of sp³-hybridized carbons (Fsp3) is 0.684. The lowest BCUT2D eigenvalue weighted by Gasteiger charge is -2.41. The summed E-state index contributed by atoms with van der Waals surface area (Å²) >= 11 is 0. The standard InChI is InChI=1S/C19H29N/c1-19(2)13-12-16-10-6-7-11-17(16)18(19)20-14-15-8-4-3-5-9-15/h6-7,10-11,15,18,20H,3-5,8-9,12-14H2,1-2H3. The number of aryl methyl sites for hydroxylation is 1. The SMILES string of the molecule is CC1(C)CCc2ccccc2C1NCC1CCCCC1. The van der Waals surface area contributed by atoms with Crippen LogP contribution in [0.2, 0.25) is 0 Å². The molecule has 1 N–H and O–H groups in total. The molecule has 0 heterocycles. The van der Waals surface area contributed by atoms with Crippen molar-refractivity contribution in [2.24, 2.45) is 11.3 Å². The van der Waals surface area contributed by atoms with Crippen LogP contribution in [0.3, 0.4) is 0 Å². The van der Waals surface area contributed by atoms with Crippen LogP contribution in [0.25, 0.3) is 0 Å². The van der Waals surface area contributed by atoms with Gasteiger partial charge < -0.3 is 5.32 Å². The first kappa shape index (κ1) is 14.1. The van der Waals surface area contributed by atoms with Crippen molar-refractivity contribution in [3.8, 4) is 0 Å². The van der Waals surface area contributed by atoms with Crippen LogP contribution in [-0.2, 0) is 6.42 Å². The van der Waals surface area contributed by atoms with E-state index in [0.717, 1.165) is 5.92 Å². The van der Waals surface area contributed by atoms with Gasteiger partial charge in [-0.1, -0.05) is 57.4 Å². The van der Waals surface area contributed by atoms with Crippen molar-refractivity contribution in [2.75, 3.05) is 6.54 Å². The molecule has 1 unspecified atom stereocenters. The van der Waals surface area contributed by atoms with E-state index in [1.165, 1.54) is 51.5 Å². The van der Waals surface area contributed by atoms with Crippen molar-refractivity contribution >= 4 is 0 Å².